The van der Waals surface area contributed by atoms with Crippen LogP contribution in [0, 0.1) is 6.92 Å². The Morgan fingerprint density at radius 3 is 2.93 bits per heavy atom. The second kappa shape index (κ2) is 6.95. The summed E-state index contributed by atoms with van der Waals surface area (Å²) < 4.78 is 12.6. The summed E-state index contributed by atoms with van der Waals surface area (Å²) in [5.74, 6) is 1.75. The molecule has 0 atom stereocenters. The molecule has 0 radical (unpaired) electrons. The molecule has 1 N–H and O–H groups in total. The second-order valence-electron chi connectivity index (χ2n) is 6.05. The molecule has 3 heterocycles. The van der Waals surface area contributed by atoms with Crippen molar-refractivity contribution in [2.45, 2.75) is 13.5 Å². The number of pyridine rings is 1. The molecule has 0 aliphatic heterocycles. The molecule has 0 bridgehead atoms. The van der Waals surface area contributed by atoms with E-state index in [-0.39, 0.29) is 5.91 Å². The fourth-order valence-corrected chi connectivity index (χ4v) is 2.98. The van der Waals surface area contributed by atoms with Crippen LogP contribution in [0.15, 0.2) is 59.4 Å². The van der Waals surface area contributed by atoms with E-state index in [1.54, 1.807) is 43.2 Å². The van der Waals surface area contributed by atoms with Crippen LogP contribution in [0.1, 0.15) is 21.7 Å². The molecular formula is C20H18N4O3. The van der Waals surface area contributed by atoms with Gasteiger partial charge in [0.2, 0.25) is 0 Å². The third-order valence-corrected chi connectivity index (χ3v) is 4.30. The molecule has 27 heavy (non-hydrogen) atoms. The average molecular weight is 362 g/mol. The Labute approximate surface area is 155 Å². The molecule has 1 amide bonds. The van der Waals surface area contributed by atoms with Gasteiger partial charge in [-0.3, -0.25) is 4.79 Å². The first-order chi connectivity index (χ1) is 13.2. The maximum Gasteiger partial charge on any atom is 0.255 e. The molecule has 0 saturated heterocycles. The van der Waals surface area contributed by atoms with E-state index in [4.69, 9.17) is 9.15 Å². The largest absolute Gasteiger partial charge is 0.497 e. The van der Waals surface area contributed by atoms with E-state index in [0.717, 1.165) is 10.9 Å². The number of fused-ring (bicyclic) bond motifs is 1. The van der Waals surface area contributed by atoms with Gasteiger partial charge in [-0.1, -0.05) is 0 Å². The number of amides is 1. The van der Waals surface area contributed by atoms with E-state index in [1.807, 2.05) is 30.5 Å². The normalized spacial score (nSPS) is 10.9. The van der Waals surface area contributed by atoms with Gasteiger partial charge in [-0.05, 0) is 48.9 Å². The number of aromatic nitrogens is 3. The smallest absolute Gasteiger partial charge is 0.255 e. The number of hydrogen-bond donors (Lipinski definition) is 1. The van der Waals surface area contributed by atoms with Crippen LogP contribution < -0.4 is 10.1 Å². The highest BCUT2D eigenvalue weighted by atomic mass is 16.5. The standard InChI is InChI=1S/C20H18N4O3/c1-13-19(16-11-15(26-2)4-5-17(16)27-13)20(25)22-12-14-6-8-21-18(10-14)24-9-3-7-23-24/h3-11H,12H2,1-2H3,(H,22,25). The number of aryl methyl sites for hydroxylation is 1. The minimum atomic E-state index is -0.197. The van der Waals surface area contributed by atoms with Crippen LogP contribution in [0.3, 0.4) is 0 Å². The van der Waals surface area contributed by atoms with Crippen molar-refractivity contribution in [3.63, 3.8) is 0 Å². The van der Waals surface area contributed by atoms with Crippen LogP contribution in [0.2, 0.25) is 0 Å². The van der Waals surface area contributed by atoms with E-state index in [9.17, 15) is 4.79 Å². The highest BCUT2D eigenvalue weighted by Gasteiger charge is 2.18. The number of benzene rings is 1. The van der Waals surface area contributed by atoms with Crippen molar-refractivity contribution < 1.29 is 13.9 Å². The SMILES string of the molecule is COc1ccc2oc(C)c(C(=O)NCc3ccnc(-n4cccn4)c3)c2c1. The third kappa shape index (κ3) is 3.27. The summed E-state index contributed by atoms with van der Waals surface area (Å²) in [6, 6.07) is 11.0. The lowest BCUT2D eigenvalue weighted by atomic mass is 10.1. The van der Waals surface area contributed by atoms with Crippen molar-refractivity contribution >= 4 is 16.9 Å². The minimum Gasteiger partial charge on any atom is -0.497 e. The molecule has 7 nitrogen and oxygen atoms in total. The third-order valence-electron chi connectivity index (χ3n) is 4.30. The summed E-state index contributed by atoms with van der Waals surface area (Å²) in [4.78, 5) is 17.1. The highest BCUT2D eigenvalue weighted by molar-refractivity contribution is 6.07. The van der Waals surface area contributed by atoms with Gasteiger partial charge in [0, 0.05) is 30.5 Å². The first-order valence-corrected chi connectivity index (χ1v) is 8.46. The fourth-order valence-electron chi connectivity index (χ4n) is 2.98. The molecule has 0 fully saturated rings. The number of carbonyl (C=O) groups excluding carboxylic acids is 1. The zero-order valence-corrected chi connectivity index (χ0v) is 15.0. The summed E-state index contributed by atoms with van der Waals surface area (Å²) in [6.07, 6.45) is 5.21. The van der Waals surface area contributed by atoms with Crippen molar-refractivity contribution in [2.75, 3.05) is 7.11 Å². The van der Waals surface area contributed by atoms with E-state index in [1.165, 1.54) is 0 Å². The predicted molar refractivity (Wildman–Crippen MR) is 100 cm³/mol. The van der Waals surface area contributed by atoms with Gasteiger partial charge in [0.1, 0.15) is 17.1 Å². The molecule has 0 unspecified atom stereocenters. The van der Waals surface area contributed by atoms with Gasteiger partial charge >= 0.3 is 0 Å². The number of methoxy groups -OCH3 is 1. The van der Waals surface area contributed by atoms with Crippen LogP contribution >= 0.6 is 0 Å². The summed E-state index contributed by atoms with van der Waals surface area (Å²) in [7, 11) is 1.59. The number of rotatable bonds is 5. The molecule has 0 aliphatic rings. The van der Waals surface area contributed by atoms with Gasteiger partial charge in [0.15, 0.2) is 5.82 Å². The lowest BCUT2D eigenvalue weighted by molar-refractivity contribution is 0.0951. The van der Waals surface area contributed by atoms with Gasteiger partial charge in [-0.15, -0.1) is 0 Å². The Kier molecular flexibility index (Phi) is 4.33. The molecule has 0 aliphatic carbocycles. The number of hydrogen-bond acceptors (Lipinski definition) is 5. The van der Waals surface area contributed by atoms with Crippen molar-refractivity contribution in [2.24, 2.45) is 0 Å². The quantitative estimate of drug-likeness (QED) is 0.589. The predicted octanol–water partition coefficient (Wildman–Crippen LogP) is 3.26. The second-order valence-corrected chi connectivity index (χ2v) is 6.05. The van der Waals surface area contributed by atoms with E-state index in [0.29, 0.717) is 35.0 Å². The number of furan rings is 1. The Balaban J connectivity index is 1.56. The first kappa shape index (κ1) is 16.8. The molecule has 7 heteroatoms. The summed E-state index contributed by atoms with van der Waals surface area (Å²) in [5.41, 5.74) is 2.10. The topological polar surface area (TPSA) is 82.2 Å². The van der Waals surface area contributed by atoms with Gasteiger partial charge in [0.05, 0.1) is 12.7 Å². The van der Waals surface area contributed by atoms with Gasteiger partial charge < -0.3 is 14.5 Å². The van der Waals surface area contributed by atoms with Crippen molar-refractivity contribution in [1.29, 1.82) is 0 Å². The van der Waals surface area contributed by atoms with E-state index >= 15 is 0 Å². The number of nitrogens with one attached hydrogen (secondary N) is 1. The van der Waals surface area contributed by atoms with Gasteiger partial charge in [0.25, 0.3) is 5.91 Å². The first-order valence-electron chi connectivity index (χ1n) is 8.46. The lowest BCUT2D eigenvalue weighted by Gasteiger charge is -2.07. The fraction of sp³-hybridized carbons (Fsp3) is 0.150. The van der Waals surface area contributed by atoms with Crippen LogP contribution in [0.25, 0.3) is 16.8 Å². The molecule has 0 saturated carbocycles. The van der Waals surface area contributed by atoms with Crippen molar-refractivity contribution in [1.82, 2.24) is 20.1 Å². The molecule has 136 valence electrons. The molecular weight excluding hydrogens is 344 g/mol. The molecule has 4 aromatic rings. The average Bonchev–Trinajstić information content (AvgIpc) is 3.33. The van der Waals surface area contributed by atoms with E-state index < -0.39 is 0 Å². The Morgan fingerprint density at radius 1 is 1.26 bits per heavy atom. The van der Waals surface area contributed by atoms with Crippen molar-refractivity contribution in [3.05, 3.63) is 71.9 Å². The van der Waals surface area contributed by atoms with Crippen LogP contribution in [0.5, 0.6) is 5.75 Å². The summed E-state index contributed by atoms with van der Waals surface area (Å²) in [6.45, 7) is 2.15. The zero-order chi connectivity index (χ0) is 18.8. The molecule has 1 aromatic carbocycles. The highest BCUT2D eigenvalue weighted by Crippen LogP contribution is 2.29. The number of ether oxygens (including phenoxy) is 1. The Bertz CT molecular complexity index is 1100. The summed E-state index contributed by atoms with van der Waals surface area (Å²) in [5, 5.41) is 7.85. The van der Waals surface area contributed by atoms with Crippen molar-refractivity contribution in [3.8, 4) is 11.6 Å². The Hall–Kier alpha value is -3.61. The van der Waals surface area contributed by atoms with Crippen LogP contribution in [-0.4, -0.2) is 27.8 Å². The molecule has 4 rings (SSSR count). The minimum absolute atomic E-state index is 0.197. The van der Waals surface area contributed by atoms with Crippen LogP contribution in [0.4, 0.5) is 0 Å². The zero-order valence-electron chi connectivity index (χ0n) is 15.0. The number of carbonyl (C=O) groups is 1. The molecule has 3 aromatic heterocycles. The monoisotopic (exact) mass is 362 g/mol. The van der Waals surface area contributed by atoms with Gasteiger partial charge in [-0.2, -0.15) is 5.10 Å². The van der Waals surface area contributed by atoms with E-state index in [2.05, 4.69) is 15.4 Å². The summed E-state index contributed by atoms with van der Waals surface area (Å²) >= 11 is 0. The Morgan fingerprint density at radius 2 is 2.15 bits per heavy atom. The maximum absolute atomic E-state index is 12.8. The lowest BCUT2D eigenvalue weighted by Crippen LogP contribution is -2.23. The van der Waals surface area contributed by atoms with Gasteiger partial charge in [-0.25, -0.2) is 9.67 Å². The molecule has 0 spiro atoms. The van der Waals surface area contributed by atoms with Crippen LogP contribution in [-0.2, 0) is 6.54 Å². The maximum atomic E-state index is 12.8. The number of nitrogens with zero attached hydrogens (tertiary/aromatic N) is 3.